The van der Waals surface area contributed by atoms with Gasteiger partial charge in [-0.25, -0.2) is 0 Å². The molecule has 1 aromatic carbocycles. The lowest BCUT2D eigenvalue weighted by Gasteiger charge is -2.28. The van der Waals surface area contributed by atoms with E-state index in [2.05, 4.69) is 45.0 Å². The van der Waals surface area contributed by atoms with E-state index in [1.165, 1.54) is 5.56 Å². The van der Waals surface area contributed by atoms with E-state index in [9.17, 15) is 9.90 Å². The van der Waals surface area contributed by atoms with Crippen LogP contribution in [0, 0.1) is 5.41 Å². The van der Waals surface area contributed by atoms with Gasteiger partial charge in [-0.15, -0.1) is 0 Å². The minimum Gasteiger partial charge on any atom is -0.481 e. The van der Waals surface area contributed by atoms with E-state index in [1.807, 2.05) is 6.92 Å². The van der Waals surface area contributed by atoms with Crippen LogP contribution in [0.1, 0.15) is 70.4 Å². The molecule has 0 saturated heterocycles. The molecule has 0 heterocycles. The first kappa shape index (κ1) is 16.7. The highest BCUT2D eigenvalue weighted by Gasteiger charge is 2.36. The molecule has 112 valence electrons. The maximum absolute atomic E-state index is 11.7. The van der Waals surface area contributed by atoms with Gasteiger partial charge in [0.1, 0.15) is 0 Å². The van der Waals surface area contributed by atoms with Crippen LogP contribution < -0.4 is 0 Å². The third-order valence-electron chi connectivity index (χ3n) is 4.33. The van der Waals surface area contributed by atoms with Crippen LogP contribution >= 0.6 is 0 Å². The number of hydrogen-bond donors (Lipinski definition) is 1. The van der Waals surface area contributed by atoms with Crippen LogP contribution in [0.3, 0.4) is 0 Å². The number of aliphatic carboxylic acids is 1. The Hall–Kier alpha value is -1.31. The molecule has 2 heteroatoms. The van der Waals surface area contributed by atoms with Crippen molar-refractivity contribution in [1.29, 1.82) is 0 Å². The molecule has 0 amide bonds. The number of unbranched alkanes of at least 4 members (excludes halogenated alkanes) is 1. The van der Waals surface area contributed by atoms with Gasteiger partial charge >= 0.3 is 5.97 Å². The highest BCUT2D eigenvalue weighted by atomic mass is 16.4. The average Bonchev–Trinajstić information content (AvgIpc) is 2.43. The second kappa shape index (κ2) is 7.47. The zero-order valence-corrected chi connectivity index (χ0v) is 13.3. The summed E-state index contributed by atoms with van der Waals surface area (Å²) in [4.78, 5) is 11.7. The van der Waals surface area contributed by atoms with E-state index in [-0.39, 0.29) is 0 Å². The van der Waals surface area contributed by atoms with Crippen LogP contribution in [-0.4, -0.2) is 11.1 Å². The lowest BCUT2D eigenvalue weighted by atomic mass is 9.75. The summed E-state index contributed by atoms with van der Waals surface area (Å²) < 4.78 is 0. The normalized spacial score (nSPS) is 14.2. The number of carboxylic acid groups (broad SMARTS) is 1. The Morgan fingerprint density at radius 1 is 1.20 bits per heavy atom. The van der Waals surface area contributed by atoms with E-state index in [4.69, 9.17) is 0 Å². The Kier molecular flexibility index (Phi) is 6.25. The molecule has 0 spiro atoms. The van der Waals surface area contributed by atoms with Gasteiger partial charge in [0.2, 0.25) is 0 Å². The molecular weight excluding hydrogens is 248 g/mol. The van der Waals surface area contributed by atoms with Crippen molar-refractivity contribution in [3.05, 3.63) is 35.4 Å². The van der Waals surface area contributed by atoms with Crippen molar-refractivity contribution >= 4 is 5.97 Å². The quantitative estimate of drug-likeness (QED) is 0.723. The molecule has 1 N–H and O–H groups in total. The summed E-state index contributed by atoms with van der Waals surface area (Å²) in [5.41, 5.74) is 1.84. The molecule has 1 unspecified atom stereocenters. The molecule has 0 saturated carbocycles. The summed E-state index contributed by atoms with van der Waals surface area (Å²) in [5.74, 6) is -0.138. The van der Waals surface area contributed by atoms with Gasteiger partial charge in [-0.1, -0.05) is 64.8 Å². The Morgan fingerprint density at radius 3 is 2.20 bits per heavy atom. The monoisotopic (exact) mass is 276 g/mol. The number of carboxylic acids is 1. The first-order chi connectivity index (χ1) is 9.45. The predicted molar refractivity (Wildman–Crippen MR) is 84.1 cm³/mol. The first-order valence-corrected chi connectivity index (χ1v) is 7.77. The topological polar surface area (TPSA) is 37.3 Å². The maximum atomic E-state index is 11.7. The highest BCUT2D eigenvalue weighted by Crippen LogP contribution is 2.34. The molecule has 20 heavy (non-hydrogen) atoms. The first-order valence-electron chi connectivity index (χ1n) is 7.77. The van der Waals surface area contributed by atoms with Crippen LogP contribution in [0.5, 0.6) is 0 Å². The van der Waals surface area contributed by atoms with Gasteiger partial charge in [-0.05, 0) is 36.3 Å². The van der Waals surface area contributed by atoms with Crippen LogP contribution in [0.2, 0.25) is 0 Å². The van der Waals surface area contributed by atoms with E-state index in [0.29, 0.717) is 18.8 Å². The molecule has 0 fully saturated rings. The summed E-state index contributed by atoms with van der Waals surface area (Å²) in [6, 6.07) is 8.44. The Labute approximate surface area is 123 Å². The summed E-state index contributed by atoms with van der Waals surface area (Å²) in [5, 5.41) is 9.65. The van der Waals surface area contributed by atoms with Gasteiger partial charge in [0.25, 0.3) is 0 Å². The van der Waals surface area contributed by atoms with Crippen molar-refractivity contribution in [2.24, 2.45) is 5.41 Å². The van der Waals surface area contributed by atoms with E-state index in [1.54, 1.807) is 0 Å². The Bertz CT molecular complexity index is 420. The summed E-state index contributed by atoms with van der Waals surface area (Å²) >= 11 is 0. The van der Waals surface area contributed by atoms with Crippen LogP contribution in [-0.2, 0) is 11.2 Å². The van der Waals surface area contributed by atoms with Crippen molar-refractivity contribution in [2.75, 3.05) is 0 Å². The molecule has 0 radical (unpaired) electrons. The molecule has 0 aliphatic heterocycles. The average molecular weight is 276 g/mol. The second-order valence-electron chi connectivity index (χ2n) is 6.12. The maximum Gasteiger partial charge on any atom is 0.309 e. The van der Waals surface area contributed by atoms with Crippen molar-refractivity contribution in [1.82, 2.24) is 0 Å². The lowest BCUT2D eigenvalue weighted by molar-refractivity contribution is -0.149. The van der Waals surface area contributed by atoms with Gasteiger partial charge in [-0.3, -0.25) is 4.79 Å². The van der Waals surface area contributed by atoms with Gasteiger partial charge in [-0.2, -0.15) is 0 Å². The fourth-order valence-electron chi connectivity index (χ4n) is 2.65. The summed E-state index contributed by atoms with van der Waals surface area (Å²) in [6.45, 7) is 8.44. The summed E-state index contributed by atoms with van der Waals surface area (Å²) in [7, 11) is 0. The molecule has 0 bridgehead atoms. The van der Waals surface area contributed by atoms with E-state index in [0.717, 1.165) is 24.8 Å². The third kappa shape index (κ3) is 4.09. The SMILES string of the molecule is CCCCC(CC)(Cc1ccc(C(C)C)cc1)C(=O)O. The zero-order valence-electron chi connectivity index (χ0n) is 13.3. The lowest BCUT2D eigenvalue weighted by Crippen LogP contribution is -2.32. The van der Waals surface area contributed by atoms with Crippen molar-refractivity contribution < 1.29 is 9.90 Å². The fourth-order valence-corrected chi connectivity index (χ4v) is 2.65. The van der Waals surface area contributed by atoms with Crippen molar-refractivity contribution in [3.8, 4) is 0 Å². The van der Waals surface area contributed by atoms with Crippen LogP contribution in [0.15, 0.2) is 24.3 Å². The summed E-state index contributed by atoms with van der Waals surface area (Å²) in [6.07, 6.45) is 4.11. The van der Waals surface area contributed by atoms with Crippen LogP contribution in [0.25, 0.3) is 0 Å². The van der Waals surface area contributed by atoms with E-state index >= 15 is 0 Å². The number of hydrogen-bond acceptors (Lipinski definition) is 1. The molecule has 2 nitrogen and oxygen atoms in total. The number of rotatable bonds is 8. The molecule has 1 rings (SSSR count). The van der Waals surface area contributed by atoms with Gasteiger partial charge in [0, 0.05) is 0 Å². The Morgan fingerprint density at radius 2 is 1.80 bits per heavy atom. The fraction of sp³-hybridized carbons (Fsp3) is 0.611. The second-order valence-corrected chi connectivity index (χ2v) is 6.12. The standard InChI is InChI=1S/C18H28O2/c1-5-7-12-18(6-2,17(19)20)13-15-8-10-16(11-9-15)14(3)4/h8-11,14H,5-7,12-13H2,1-4H3,(H,19,20). The number of carbonyl (C=O) groups is 1. The van der Waals surface area contributed by atoms with Crippen LogP contribution in [0.4, 0.5) is 0 Å². The smallest absolute Gasteiger partial charge is 0.309 e. The molecule has 1 aromatic rings. The third-order valence-corrected chi connectivity index (χ3v) is 4.33. The minimum absolute atomic E-state index is 0.513. The largest absolute Gasteiger partial charge is 0.481 e. The van der Waals surface area contributed by atoms with Gasteiger partial charge < -0.3 is 5.11 Å². The van der Waals surface area contributed by atoms with Gasteiger partial charge in [0.05, 0.1) is 5.41 Å². The molecular formula is C18H28O2. The molecule has 0 aliphatic carbocycles. The molecule has 0 aromatic heterocycles. The van der Waals surface area contributed by atoms with Gasteiger partial charge in [0.15, 0.2) is 0 Å². The molecule has 1 atom stereocenters. The molecule has 0 aliphatic rings. The zero-order chi connectivity index (χ0) is 15.2. The number of benzene rings is 1. The van der Waals surface area contributed by atoms with Crippen molar-refractivity contribution in [3.63, 3.8) is 0 Å². The van der Waals surface area contributed by atoms with E-state index < -0.39 is 11.4 Å². The Balaban J connectivity index is 2.91. The van der Waals surface area contributed by atoms with Crippen molar-refractivity contribution in [2.45, 2.75) is 65.7 Å². The minimum atomic E-state index is -0.651. The highest BCUT2D eigenvalue weighted by molar-refractivity contribution is 5.75. The predicted octanol–water partition coefficient (Wildman–Crippen LogP) is 5.02.